The summed E-state index contributed by atoms with van der Waals surface area (Å²) in [4.78, 5) is 214. The lowest BCUT2D eigenvalue weighted by molar-refractivity contribution is -0.142. The van der Waals surface area contributed by atoms with Gasteiger partial charge in [0.2, 0.25) is 59.1 Å². The van der Waals surface area contributed by atoms with Crippen LogP contribution in [0.2, 0.25) is 0 Å². The second kappa shape index (κ2) is 49.7. The van der Waals surface area contributed by atoms with Crippen molar-refractivity contribution in [2.45, 2.75) is 212 Å². The van der Waals surface area contributed by atoms with Crippen LogP contribution in [0, 0.1) is 0 Å². The van der Waals surface area contributed by atoms with E-state index < -0.39 is 321 Å². The van der Waals surface area contributed by atoms with Crippen LogP contribution in [-0.2, 0) is 68.9 Å². The van der Waals surface area contributed by atoms with Crippen molar-refractivity contribution in [1.29, 1.82) is 0 Å². The van der Waals surface area contributed by atoms with Crippen molar-refractivity contribution in [2.75, 3.05) is 50.5 Å². The number of nitrogens with one attached hydrogen (secondary N) is 12. The second-order valence-corrected chi connectivity index (χ2v) is 26.3. The van der Waals surface area contributed by atoms with Gasteiger partial charge in [0.05, 0.1) is 56.6 Å². The second-order valence-electron chi connectivity index (χ2n) is 26.3. The lowest BCUT2D eigenvalue weighted by Gasteiger charge is -2.28. The number of aliphatic hydroxyl groups is 15. The van der Waals surface area contributed by atoms with Crippen LogP contribution in [0.25, 0.3) is 11.2 Å². The molecule has 0 radical (unpaired) electrons. The molecule has 0 unspecified atom stereocenters. The minimum absolute atomic E-state index is 0.00306. The minimum Gasteiger partial charge on any atom is -0.481 e. The number of nitrogen functional groups attached to an aromatic ring is 1. The van der Waals surface area contributed by atoms with E-state index in [0.717, 1.165) is 0 Å². The van der Waals surface area contributed by atoms with Gasteiger partial charge in [-0.15, -0.1) is 0 Å². The third-order valence-electron chi connectivity index (χ3n) is 17.4. The average molecular weight is 1660 g/mol. The van der Waals surface area contributed by atoms with E-state index in [1.807, 2.05) is 0 Å². The maximum Gasteiger partial charge on any atom is 0.326 e. The van der Waals surface area contributed by atoms with Crippen LogP contribution >= 0.6 is 0 Å². The van der Waals surface area contributed by atoms with Crippen LogP contribution in [-0.4, -0.2) is 355 Å². The summed E-state index contributed by atoms with van der Waals surface area (Å²) < 4.78 is 0. The minimum atomic E-state index is -2.24. The molecule has 0 spiro atoms. The number of nitrogens with zero attached hydrogens (tertiary/aromatic N) is 3. The Balaban J connectivity index is 2.05. The van der Waals surface area contributed by atoms with E-state index in [4.69, 9.17) is 10.8 Å². The third kappa shape index (κ3) is 33.8. The van der Waals surface area contributed by atoms with Gasteiger partial charge in [0.1, 0.15) is 97.2 Å². The number of aliphatic carboxylic acids is 4. The Morgan fingerprint density at radius 1 is 0.414 bits per heavy atom. The van der Waals surface area contributed by atoms with Gasteiger partial charge in [0, 0.05) is 69.4 Å². The molecule has 10 amide bonds. The Bertz CT molecular complexity index is 3870. The van der Waals surface area contributed by atoms with Gasteiger partial charge >= 0.3 is 23.9 Å². The molecule has 0 bridgehead atoms. The number of benzene rings is 1. The number of aromatic nitrogens is 4. The Morgan fingerprint density at radius 3 is 1.09 bits per heavy atom. The maximum atomic E-state index is 14.6. The number of amides is 10. The number of H-pyrrole nitrogens is 1. The predicted molar refractivity (Wildman–Crippen MR) is 388 cm³/mol. The highest BCUT2D eigenvalue weighted by atomic mass is 16.4. The summed E-state index contributed by atoms with van der Waals surface area (Å²) in [5.41, 5.74) is 5.36. The molecule has 0 aliphatic heterocycles. The van der Waals surface area contributed by atoms with Crippen molar-refractivity contribution in [1.82, 2.24) is 73.1 Å². The van der Waals surface area contributed by atoms with Gasteiger partial charge in [-0.05, 0) is 69.2 Å². The van der Waals surface area contributed by atoms with Crippen molar-refractivity contribution in [2.24, 2.45) is 0 Å². The summed E-state index contributed by atoms with van der Waals surface area (Å²) in [5.74, 6) is -19.7. The number of carboxylic acid groups (broad SMARTS) is 4. The van der Waals surface area contributed by atoms with Crippen LogP contribution in [0.3, 0.4) is 0 Å². The highest BCUT2D eigenvalue weighted by Crippen LogP contribution is 2.16. The number of hydrogen-bond acceptors (Lipinski definition) is 35. The van der Waals surface area contributed by atoms with Gasteiger partial charge in [0.15, 0.2) is 11.2 Å². The van der Waals surface area contributed by atoms with E-state index in [9.17, 15) is 164 Å². The van der Waals surface area contributed by atoms with Gasteiger partial charge in [-0.2, -0.15) is 4.98 Å². The fourth-order valence-electron chi connectivity index (χ4n) is 10.4. The molecular weight excluding hydrogens is 1560 g/mol. The summed E-state index contributed by atoms with van der Waals surface area (Å²) in [7, 11) is 0. The molecule has 33 N–H and O–H groups in total. The molecule has 0 fully saturated rings. The summed E-state index contributed by atoms with van der Waals surface area (Å²) in [5, 5.41) is 213. The Labute approximate surface area is 656 Å². The lowest BCUT2D eigenvalue weighted by atomic mass is 10.0. The van der Waals surface area contributed by atoms with E-state index >= 15 is 0 Å². The Kier molecular flexibility index (Phi) is 42.5. The number of carbonyl (C=O) groups is 14. The number of nitrogens with two attached hydrogens (primary N) is 1. The topological polar surface area (TPSA) is 853 Å². The molecule has 19 atom stereocenters. The van der Waals surface area contributed by atoms with E-state index in [1.165, 1.54) is 37.4 Å². The van der Waals surface area contributed by atoms with E-state index in [-0.39, 0.29) is 41.3 Å². The molecule has 2 heterocycles. The smallest absolute Gasteiger partial charge is 0.326 e. The van der Waals surface area contributed by atoms with Crippen molar-refractivity contribution >= 4 is 106 Å². The first-order valence-corrected chi connectivity index (χ1v) is 35.7. The van der Waals surface area contributed by atoms with Gasteiger partial charge in [-0.3, -0.25) is 67.3 Å². The quantitative estimate of drug-likeness (QED) is 0.0249. The largest absolute Gasteiger partial charge is 0.481 e. The molecule has 2 aromatic heterocycles. The third-order valence-corrected chi connectivity index (χ3v) is 17.4. The Morgan fingerprint density at radius 2 is 0.741 bits per heavy atom. The van der Waals surface area contributed by atoms with Crippen molar-refractivity contribution < 1.29 is 164 Å². The van der Waals surface area contributed by atoms with Crippen LogP contribution in [0.4, 0.5) is 11.6 Å². The molecule has 50 nitrogen and oxygen atoms in total. The number of hydrogen-bond donors (Lipinski definition) is 32. The van der Waals surface area contributed by atoms with E-state index in [0.29, 0.717) is 5.69 Å². The maximum absolute atomic E-state index is 14.6. The molecule has 50 heteroatoms. The standard InChI is InChI=1S/C66H100N16O34/c1-2-30(64(113)114)75-59(108)32(8-14-44(93)70-22-38(87)51(101)54(104)41(90)25-84)76-62(111)35(12-18-48(98)99)79-60(109)33(9-15-45(94)71-23-39(88)52(102)55(105)42(91)26-85)77-61(110)34(11-17-47(96)97)78-58(107)31(7-13-43(92)69-21-37(86)50(100)53(103)40(89)24-83)74-46(95)16-10-36(65(115)116)80-57(106)27-3-5-28(6-4-27)68-19-29-20-72-56-49(73-29)63(112)82-66(67)81-56/h3-6,20,30-42,50-55,68,83-91,100-105H,2,7-19,21-26H2,1H3,(H,69,92)(H,70,93)(H,71,94)(H,74,95)(H,75,108)(H,76,111)(H,77,110)(H,78,107)(H,79,109)(H,80,106)(H,96,97)(H,98,99)(H,113,114)(H,115,116)(H3,67,72,81,82,112)/t30-,31-,32-,33-,34-,35-,36-,37-,38-,39-,40+,41+,42+,50+,51+,52+,53+,54+,55+/m0/s1. The summed E-state index contributed by atoms with van der Waals surface area (Å²) in [6.07, 6.45) is -34.9. The number of carboxylic acids is 4. The first kappa shape index (κ1) is 99.2. The van der Waals surface area contributed by atoms with Crippen LogP contribution in [0.15, 0.2) is 35.3 Å². The van der Waals surface area contributed by atoms with Crippen LogP contribution in [0.1, 0.15) is 106 Å². The zero-order valence-electron chi connectivity index (χ0n) is 62.0. The molecule has 0 aliphatic rings. The summed E-state index contributed by atoms with van der Waals surface area (Å²) >= 11 is 0. The number of carbonyl (C=O) groups excluding carboxylic acids is 10. The number of anilines is 2. The molecular formula is C66H100N16O34. The highest BCUT2D eigenvalue weighted by molar-refractivity contribution is 5.99. The van der Waals surface area contributed by atoms with Gasteiger partial charge < -0.3 is 161 Å². The molecule has 3 aromatic rings. The number of aliphatic hydroxyl groups excluding tert-OH is 15. The van der Waals surface area contributed by atoms with Crippen molar-refractivity contribution in [3.63, 3.8) is 0 Å². The molecule has 116 heavy (non-hydrogen) atoms. The lowest BCUT2D eigenvalue weighted by Crippen LogP contribution is -2.59. The average Bonchev–Trinajstić information content (AvgIpc) is 0.815. The highest BCUT2D eigenvalue weighted by Gasteiger charge is 2.38. The SMILES string of the molecule is CC[C@H](NC(=O)[C@H](CCC(=O)NC[C@H](O)[C@@H](O)[C@H](O)[C@H](O)CO)NC(=O)[C@H](CCC(=O)O)NC(=O)[C@H](CCC(=O)NC[C@H](O)[C@@H](O)[C@H](O)[C@H](O)CO)NC(=O)[C@H](CCC(=O)O)NC(=O)[C@H](CCC(=O)NC[C@H](O)[C@@H](O)[C@H](O)[C@H](O)CO)NC(=O)CC[C@H](NC(=O)c1ccc(NCc2cnc3nc(N)[nH]c(=O)c3n2)cc1)C(=O)O)C(=O)O. The Hall–Kier alpha value is -11.0. The summed E-state index contributed by atoms with van der Waals surface area (Å²) in [6.45, 7) is -4.63. The van der Waals surface area contributed by atoms with E-state index in [2.05, 4.69) is 78.4 Å². The fraction of sp³-hybridized carbons (Fsp3) is 0.606. The fourth-order valence-corrected chi connectivity index (χ4v) is 10.4. The van der Waals surface area contributed by atoms with Crippen molar-refractivity contribution in [3.8, 4) is 0 Å². The first-order valence-electron chi connectivity index (χ1n) is 35.7. The van der Waals surface area contributed by atoms with E-state index in [1.54, 1.807) is 0 Å². The zero-order valence-corrected chi connectivity index (χ0v) is 62.0. The molecule has 0 saturated carbocycles. The molecule has 0 saturated heterocycles. The number of rotatable bonds is 55. The van der Waals surface area contributed by atoms with Gasteiger partial charge in [0.25, 0.3) is 11.5 Å². The van der Waals surface area contributed by atoms with Crippen molar-refractivity contribution in [3.05, 3.63) is 52.1 Å². The summed E-state index contributed by atoms with van der Waals surface area (Å²) in [6, 6.07) is -8.80. The molecule has 1 aromatic carbocycles. The van der Waals surface area contributed by atoms with Crippen LogP contribution in [0.5, 0.6) is 0 Å². The molecule has 648 valence electrons. The predicted octanol–water partition coefficient (Wildman–Crippen LogP) is -14.0. The molecule has 0 aliphatic carbocycles. The normalized spacial score (nSPS) is 16.3. The van der Waals surface area contributed by atoms with Crippen LogP contribution < -0.4 is 69.8 Å². The zero-order chi connectivity index (χ0) is 87.4. The number of fused-ring (bicyclic) bond motifs is 1. The van der Waals surface area contributed by atoms with Gasteiger partial charge in [-0.1, -0.05) is 6.92 Å². The number of aromatic amines is 1. The monoisotopic (exact) mass is 1660 g/mol. The van der Waals surface area contributed by atoms with Gasteiger partial charge in [-0.25, -0.2) is 19.6 Å². The first-order chi connectivity index (χ1) is 54.5. The molecule has 3 rings (SSSR count).